The van der Waals surface area contributed by atoms with E-state index in [1.54, 1.807) is 19.3 Å². The van der Waals surface area contributed by atoms with Crippen molar-refractivity contribution >= 4 is 23.5 Å². The average molecular weight is 449 g/mol. The molecule has 10 nitrogen and oxygen atoms in total. The second-order valence-corrected chi connectivity index (χ2v) is 8.17. The molecule has 0 spiro atoms. The number of aromatic nitrogens is 4. The number of hydrogen-bond donors (Lipinski definition) is 1. The fraction of sp³-hybridized carbons (Fsp3) is 0.550. The van der Waals surface area contributed by atoms with Gasteiger partial charge in [-0.25, -0.2) is 15.1 Å². The molecule has 2 saturated heterocycles. The van der Waals surface area contributed by atoms with E-state index in [-0.39, 0.29) is 23.7 Å². The lowest BCUT2D eigenvalue weighted by atomic mass is 10.1. The average Bonchev–Trinajstić information content (AvgIpc) is 3.22. The van der Waals surface area contributed by atoms with Crippen LogP contribution in [0.4, 0.5) is 5.95 Å². The Kier molecular flexibility index (Phi) is 6.67. The zero-order chi connectivity index (χ0) is 21.8. The molecule has 4 heterocycles. The number of amides is 1. The summed E-state index contributed by atoms with van der Waals surface area (Å²) in [5.74, 6) is 1.18. The van der Waals surface area contributed by atoms with Crippen LogP contribution < -0.4 is 15.2 Å². The highest BCUT2D eigenvalue weighted by Crippen LogP contribution is 2.24. The number of nitrogens with zero attached hydrogens (tertiary/aromatic N) is 5. The highest BCUT2D eigenvalue weighted by Gasteiger charge is 2.30. The zero-order valence-corrected chi connectivity index (χ0v) is 18.0. The lowest BCUT2D eigenvalue weighted by Gasteiger charge is -2.35. The van der Waals surface area contributed by atoms with Crippen LogP contribution in [0.1, 0.15) is 24.8 Å². The number of halogens is 1. The molecule has 166 valence electrons. The molecule has 31 heavy (non-hydrogen) atoms. The van der Waals surface area contributed by atoms with Crippen LogP contribution in [0.25, 0.3) is 0 Å². The SMILES string of the molecule is Cc1c(OC[C@H]2CC[C@H](CC(=O)N3CCN(c4ncc(Cl)cn4)CC3)O2)cn[nH]c1=O. The first kappa shape index (κ1) is 21.5. The quantitative estimate of drug-likeness (QED) is 0.701. The van der Waals surface area contributed by atoms with Gasteiger partial charge in [-0.05, 0) is 19.8 Å². The molecule has 1 N–H and O–H groups in total. The van der Waals surface area contributed by atoms with Gasteiger partial charge in [-0.2, -0.15) is 5.10 Å². The maximum atomic E-state index is 12.7. The Hall–Kier alpha value is -2.72. The predicted octanol–water partition coefficient (Wildman–Crippen LogP) is 1.19. The number of nitrogens with one attached hydrogen (secondary N) is 1. The first-order valence-corrected chi connectivity index (χ1v) is 10.7. The number of anilines is 1. The van der Waals surface area contributed by atoms with Gasteiger partial charge < -0.3 is 19.3 Å². The fourth-order valence-electron chi connectivity index (χ4n) is 3.77. The monoisotopic (exact) mass is 448 g/mol. The van der Waals surface area contributed by atoms with Crippen LogP contribution in [0.15, 0.2) is 23.4 Å². The Morgan fingerprint density at radius 1 is 1.19 bits per heavy atom. The van der Waals surface area contributed by atoms with Crippen LogP contribution in [0.2, 0.25) is 5.02 Å². The number of H-pyrrole nitrogens is 1. The summed E-state index contributed by atoms with van der Waals surface area (Å²) in [6.07, 6.45) is 6.41. The van der Waals surface area contributed by atoms with Crippen molar-refractivity contribution in [1.29, 1.82) is 0 Å². The van der Waals surface area contributed by atoms with E-state index >= 15 is 0 Å². The highest BCUT2D eigenvalue weighted by atomic mass is 35.5. The molecule has 2 atom stereocenters. The summed E-state index contributed by atoms with van der Waals surface area (Å²) in [7, 11) is 0. The van der Waals surface area contributed by atoms with Gasteiger partial charge in [0.15, 0.2) is 0 Å². The second-order valence-electron chi connectivity index (χ2n) is 7.73. The number of carbonyl (C=O) groups excluding carboxylic acids is 1. The molecular weight excluding hydrogens is 424 g/mol. The molecule has 2 aromatic heterocycles. The third-order valence-corrected chi connectivity index (χ3v) is 5.80. The number of rotatable bonds is 6. The molecule has 2 aliphatic heterocycles. The van der Waals surface area contributed by atoms with Crippen molar-refractivity contribution in [1.82, 2.24) is 25.1 Å². The molecule has 4 rings (SSSR count). The van der Waals surface area contributed by atoms with E-state index < -0.39 is 0 Å². The summed E-state index contributed by atoms with van der Waals surface area (Å²) in [6.45, 7) is 4.62. The smallest absolute Gasteiger partial charge is 0.270 e. The normalized spacial score (nSPS) is 21.4. The molecule has 0 radical (unpaired) electrons. The van der Waals surface area contributed by atoms with E-state index in [0.717, 1.165) is 12.8 Å². The van der Waals surface area contributed by atoms with Crippen LogP contribution in [-0.2, 0) is 9.53 Å². The van der Waals surface area contributed by atoms with E-state index in [9.17, 15) is 9.59 Å². The Balaban J connectivity index is 1.20. The lowest BCUT2D eigenvalue weighted by Crippen LogP contribution is -2.49. The summed E-state index contributed by atoms with van der Waals surface area (Å²) in [5, 5.41) is 6.62. The van der Waals surface area contributed by atoms with Gasteiger partial charge in [-0.1, -0.05) is 11.6 Å². The van der Waals surface area contributed by atoms with E-state index in [0.29, 0.717) is 61.5 Å². The Labute approximate surface area is 184 Å². The molecule has 0 aliphatic carbocycles. The van der Waals surface area contributed by atoms with Gasteiger partial charge in [0.25, 0.3) is 5.56 Å². The zero-order valence-electron chi connectivity index (χ0n) is 17.3. The summed E-state index contributed by atoms with van der Waals surface area (Å²) >= 11 is 5.84. The van der Waals surface area contributed by atoms with Gasteiger partial charge in [0.1, 0.15) is 12.4 Å². The van der Waals surface area contributed by atoms with Crippen molar-refractivity contribution < 1.29 is 14.3 Å². The fourth-order valence-corrected chi connectivity index (χ4v) is 3.87. The van der Waals surface area contributed by atoms with Crippen molar-refractivity contribution in [2.75, 3.05) is 37.7 Å². The van der Waals surface area contributed by atoms with Crippen LogP contribution in [-0.4, -0.2) is 76.0 Å². The van der Waals surface area contributed by atoms with Crippen LogP contribution >= 0.6 is 11.6 Å². The van der Waals surface area contributed by atoms with Crippen molar-refractivity contribution in [2.24, 2.45) is 0 Å². The molecule has 2 fully saturated rings. The molecule has 0 unspecified atom stereocenters. The van der Waals surface area contributed by atoms with Crippen LogP contribution in [0.5, 0.6) is 5.75 Å². The van der Waals surface area contributed by atoms with Gasteiger partial charge in [0.2, 0.25) is 11.9 Å². The van der Waals surface area contributed by atoms with Crippen LogP contribution in [0, 0.1) is 6.92 Å². The van der Waals surface area contributed by atoms with Gasteiger partial charge in [-0.3, -0.25) is 9.59 Å². The number of piperazine rings is 1. The minimum Gasteiger partial charge on any atom is -0.489 e. The van der Waals surface area contributed by atoms with Gasteiger partial charge in [0, 0.05) is 26.2 Å². The summed E-state index contributed by atoms with van der Waals surface area (Å²) in [4.78, 5) is 36.7. The van der Waals surface area contributed by atoms with E-state index in [2.05, 4.69) is 20.2 Å². The minimum absolute atomic E-state index is 0.0953. The Morgan fingerprint density at radius 3 is 2.65 bits per heavy atom. The number of hydrogen-bond acceptors (Lipinski definition) is 8. The van der Waals surface area contributed by atoms with E-state index in [1.807, 2.05) is 9.80 Å². The molecule has 0 bridgehead atoms. The Bertz CT molecular complexity index is 961. The molecule has 2 aromatic rings. The third-order valence-electron chi connectivity index (χ3n) is 5.60. The molecular formula is C20H25ClN6O4. The Morgan fingerprint density at radius 2 is 1.90 bits per heavy atom. The second kappa shape index (κ2) is 9.61. The standard InChI is InChI=1S/C20H25ClN6O4/c1-13-17(11-24-25-19(13)29)30-12-16-3-2-15(31-16)8-18(28)26-4-6-27(7-5-26)20-22-9-14(21)10-23-20/h9-11,15-16H,2-8,12H2,1H3,(H,25,29)/t15-,16-/m1/s1. The molecule has 0 saturated carbocycles. The van der Waals surface area contributed by atoms with Crippen molar-refractivity contribution in [2.45, 2.75) is 38.4 Å². The first-order valence-electron chi connectivity index (χ1n) is 10.3. The molecule has 1 amide bonds. The lowest BCUT2D eigenvalue weighted by molar-refractivity contribution is -0.134. The third kappa shape index (κ3) is 5.31. The molecule has 0 aromatic carbocycles. The summed E-state index contributed by atoms with van der Waals surface area (Å²) in [5.41, 5.74) is 0.221. The van der Waals surface area contributed by atoms with E-state index in [4.69, 9.17) is 21.1 Å². The number of ether oxygens (including phenoxy) is 2. The molecule has 11 heteroatoms. The maximum Gasteiger partial charge on any atom is 0.270 e. The van der Waals surface area contributed by atoms with Crippen molar-refractivity contribution in [3.63, 3.8) is 0 Å². The maximum absolute atomic E-state index is 12.7. The first-order chi connectivity index (χ1) is 15.0. The molecule has 2 aliphatic rings. The van der Waals surface area contributed by atoms with Crippen molar-refractivity contribution in [3.8, 4) is 5.75 Å². The summed E-state index contributed by atoms with van der Waals surface area (Å²) < 4.78 is 11.7. The minimum atomic E-state index is -0.268. The van der Waals surface area contributed by atoms with Gasteiger partial charge in [-0.15, -0.1) is 0 Å². The number of carbonyl (C=O) groups is 1. The predicted molar refractivity (Wildman–Crippen MR) is 113 cm³/mol. The largest absolute Gasteiger partial charge is 0.489 e. The van der Waals surface area contributed by atoms with Crippen LogP contribution in [0.3, 0.4) is 0 Å². The summed E-state index contributed by atoms with van der Waals surface area (Å²) in [6, 6.07) is 0. The van der Waals surface area contributed by atoms with Crippen molar-refractivity contribution in [3.05, 3.63) is 39.5 Å². The van der Waals surface area contributed by atoms with Gasteiger partial charge >= 0.3 is 0 Å². The topological polar surface area (TPSA) is 114 Å². The number of aromatic amines is 1. The highest BCUT2D eigenvalue weighted by molar-refractivity contribution is 6.30. The van der Waals surface area contributed by atoms with Gasteiger partial charge in [0.05, 0.1) is 47.8 Å². The van der Waals surface area contributed by atoms with E-state index in [1.165, 1.54) is 6.20 Å².